The Morgan fingerprint density at radius 1 is 1.20 bits per heavy atom. The van der Waals surface area contributed by atoms with Crippen molar-refractivity contribution < 1.29 is 45.5 Å². The summed E-state index contributed by atoms with van der Waals surface area (Å²) in [6.07, 6.45) is -7.49. The Bertz CT molecular complexity index is 1220. The normalized spacial score (nSPS) is 19.2. The van der Waals surface area contributed by atoms with E-state index in [0.29, 0.717) is 11.3 Å². The molecule has 0 fully saturated rings. The first-order chi connectivity index (χ1) is 16.3. The second-order valence-electron chi connectivity index (χ2n) is 8.50. The van der Waals surface area contributed by atoms with Gasteiger partial charge >= 0.3 is 12.5 Å². The van der Waals surface area contributed by atoms with Crippen molar-refractivity contribution in [3.63, 3.8) is 0 Å². The van der Waals surface area contributed by atoms with Gasteiger partial charge in [0.05, 0.1) is 24.3 Å². The topological polar surface area (TPSA) is 82.9 Å². The van der Waals surface area contributed by atoms with Crippen molar-refractivity contribution in [2.75, 3.05) is 13.2 Å². The highest BCUT2D eigenvalue weighted by atomic mass is 19.4. The van der Waals surface area contributed by atoms with Crippen molar-refractivity contribution in [3.05, 3.63) is 47.9 Å². The number of aromatic nitrogens is 3. The Morgan fingerprint density at radius 2 is 1.94 bits per heavy atom. The third kappa shape index (κ3) is 5.90. The summed E-state index contributed by atoms with van der Waals surface area (Å²) in [6.45, 7) is 2.11. The molecule has 7 nitrogen and oxygen atoms in total. The quantitative estimate of drug-likeness (QED) is 0.380. The first-order valence-corrected chi connectivity index (χ1v) is 10.4. The minimum Gasteiger partial charge on any atom is -0.491 e. The number of aromatic amines is 2. The molecule has 0 amide bonds. The number of ether oxygens (including phenoxy) is 3. The fraction of sp³-hybridized carbons (Fsp3) is 0.409. The fourth-order valence-electron chi connectivity index (χ4n) is 3.72. The second kappa shape index (κ2) is 9.11. The molecule has 0 saturated carbocycles. The Morgan fingerprint density at radius 3 is 2.66 bits per heavy atom. The van der Waals surface area contributed by atoms with Crippen molar-refractivity contribution in [1.82, 2.24) is 9.97 Å². The van der Waals surface area contributed by atoms with Crippen LogP contribution in [0, 0.1) is 0 Å². The van der Waals surface area contributed by atoms with Crippen molar-refractivity contribution in [1.29, 1.82) is 0 Å². The maximum atomic E-state index is 13.1. The molecular formula is C22H21F6N4O3+. The number of para-hydroxylation sites is 1. The zero-order valence-electron chi connectivity index (χ0n) is 18.5. The molecule has 0 spiro atoms. The summed E-state index contributed by atoms with van der Waals surface area (Å²) >= 11 is 0. The predicted molar refractivity (Wildman–Crippen MR) is 111 cm³/mol. The number of hydrogen-bond acceptors (Lipinski definition) is 5. The number of fused-ring (bicyclic) bond motifs is 2. The van der Waals surface area contributed by atoms with E-state index in [1.807, 2.05) is 0 Å². The van der Waals surface area contributed by atoms with E-state index in [4.69, 9.17) is 9.47 Å². The number of H-pyrrole nitrogens is 2. The van der Waals surface area contributed by atoms with Crippen LogP contribution < -0.4 is 9.72 Å². The molecule has 3 aromatic rings. The molecule has 13 heteroatoms. The molecule has 1 aliphatic heterocycles. The average molecular weight is 503 g/mol. The lowest BCUT2D eigenvalue weighted by Gasteiger charge is -2.33. The molecule has 2 aromatic heterocycles. The number of nitrogens with one attached hydrogen (secondary N) is 2. The van der Waals surface area contributed by atoms with Crippen LogP contribution in [0.2, 0.25) is 0 Å². The fourth-order valence-corrected chi connectivity index (χ4v) is 3.72. The molecule has 2 atom stereocenters. The SMILES string of the molecule is CC(C)(COC1COc2ccccc2C1/C=N\c1[nH+]cnc2[nH]c(C(F)(F)F)cc12)OC(F)(F)F. The summed E-state index contributed by atoms with van der Waals surface area (Å²) in [6, 6.07) is 7.88. The van der Waals surface area contributed by atoms with Crippen LogP contribution in [-0.2, 0) is 15.7 Å². The largest absolute Gasteiger partial charge is 0.523 e. The van der Waals surface area contributed by atoms with Gasteiger partial charge in [-0.05, 0) is 26.0 Å². The Kier molecular flexibility index (Phi) is 6.49. The van der Waals surface area contributed by atoms with Gasteiger partial charge in [0.2, 0.25) is 12.0 Å². The molecule has 1 aromatic carbocycles. The van der Waals surface area contributed by atoms with Gasteiger partial charge in [-0.25, -0.2) is 4.98 Å². The van der Waals surface area contributed by atoms with Crippen molar-refractivity contribution in [3.8, 4) is 5.75 Å². The van der Waals surface area contributed by atoms with Gasteiger partial charge in [-0.2, -0.15) is 13.2 Å². The van der Waals surface area contributed by atoms with Crippen LogP contribution in [0.4, 0.5) is 32.2 Å². The summed E-state index contributed by atoms with van der Waals surface area (Å²) in [5, 5.41) is 0.119. The number of alkyl halides is 6. The van der Waals surface area contributed by atoms with Gasteiger partial charge < -0.3 is 14.5 Å². The molecule has 35 heavy (non-hydrogen) atoms. The minimum absolute atomic E-state index is 0.00514. The summed E-state index contributed by atoms with van der Waals surface area (Å²) in [7, 11) is 0. The molecule has 4 rings (SSSR count). The first kappa shape index (κ1) is 24.9. The number of benzene rings is 1. The Balaban J connectivity index is 1.63. The lowest BCUT2D eigenvalue weighted by molar-refractivity contribution is -0.367. The van der Waals surface area contributed by atoms with E-state index in [0.717, 1.165) is 6.07 Å². The maximum absolute atomic E-state index is 13.1. The molecule has 1 aliphatic rings. The zero-order valence-corrected chi connectivity index (χ0v) is 18.5. The standard InChI is InChI=1S/C22H20F6N4O3/c1-20(2,35-22(26,27)28)10-34-16-9-33-15-6-4-3-5-12(15)14(16)8-29-18-13-7-17(21(23,24)25)32-19(13)31-11-30-18/h3-8,11,14,16H,9-10H2,1-2H3,(H,30,31,32)/p+1/b29-8-. The van der Waals surface area contributed by atoms with Crippen LogP contribution in [0.1, 0.15) is 31.0 Å². The smallest absolute Gasteiger partial charge is 0.491 e. The van der Waals surface area contributed by atoms with Crippen LogP contribution in [0.15, 0.2) is 41.7 Å². The van der Waals surface area contributed by atoms with Crippen molar-refractivity contribution >= 4 is 23.1 Å². The van der Waals surface area contributed by atoms with Crippen LogP contribution in [0.5, 0.6) is 5.75 Å². The predicted octanol–water partition coefficient (Wildman–Crippen LogP) is 4.97. The molecule has 0 bridgehead atoms. The Hall–Kier alpha value is -3.19. The molecule has 188 valence electrons. The molecular weight excluding hydrogens is 482 g/mol. The van der Waals surface area contributed by atoms with E-state index < -0.39 is 42.5 Å². The third-order valence-electron chi connectivity index (χ3n) is 5.24. The zero-order chi connectivity index (χ0) is 25.4. The van der Waals surface area contributed by atoms with Gasteiger partial charge in [0, 0.05) is 5.56 Å². The van der Waals surface area contributed by atoms with Crippen molar-refractivity contribution in [2.24, 2.45) is 4.99 Å². The van der Waals surface area contributed by atoms with Crippen LogP contribution in [0.3, 0.4) is 0 Å². The van der Waals surface area contributed by atoms with Crippen LogP contribution >= 0.6 is 0 Å². The number of rotatable bonds is 6. The van der Waals surface area contributed by atoms with Gasteiger partial charge in [0.15, 0.2) is 0 Å². The Labute approximate surface area is 195 Å². The maximum Gasteiger partial charge on any atom is 0.523 e. The van der Waals surface area contributed by atoms with Gasteiger partial charge in [-0.1, -0.05) is 23.2 Å². The molecule has 2 unspecified atom stereocenters. The molecule has 0 radical (unpaired) electrons. The van der Waals surface area contributed by atoms with Gasteiger partial charge in [-0.3, -0.25) is 4.74 Å². The monoisotopic (exact) mass is 503 g/mol. The van der Waals surface area contributed by atoms with Gasteiger partial charge in [0.1, 0.15) is 29.5 Å². The summed E-state index contributed by atoms with van der Waals surface area (Å²) < 4.78 is 93.0. The molecule has 3 heterocycles. The summed E-state index contributed by atoms with van der Waals surface area (Å²) in [5.74, 6) is 0.0870. The minimum atomic E-state index is -4.84. The van der Waals surface area contributed by atoms with E-state index in [1.54, 1.807) is 24.3 Å². The number of halogens is 6. The number of aliphatic imine (C=N–C) groups is 1. The number of hydrogen-bond donors (Lipinski definition) is 1. The van der Waals surface area contributed by atoms with E-state index in [9.17, 15) is 26.3 Å². The molecule has 2 N–H and O–H groups in total. The highest BCUT2D eigenvalue weighted by Gasteiger charge is 2.40. The highest BCUT2D eigenvalue weighted by molar-refractivity contribution is 5.87. The summed E-state index contributed by atoms with van der Waals surface area (Å²) in [5.41, 5.74) is -1.98. The lowest BCUT2D eigenvalue weighted by atomic mass is 9.91. The number of nitrogens with zero attached hydrogens (tertiary/aromatic N) is 2. The molecule has 0 aliphatic carbocycles. The van der Waals surface area contributed by atoms with Crippen molar-refractivity contribution in [2.45, 2.75) is 44.0 Å². The summed E-state index contributed by atoms with van der Waals surface area (Å²) in [4.78, 5) is 13.2. The molecule has 0 saturated heterocycles. The van der Waals surface area contributed by atoms with E-state index in [1.165, 1.54) is 26.4 Å². The van der Waals surface area contributed by atoms with E-state index in [2.05, 4.69) is 24.7 Å². The highest BCUT2D eigenvalue weighted by Crippen LogP contribution is 2.36. The third-order valence-corrected chi connectivity index (χ3v) is 5.24. The first-order valence-electron chi connectivity index (χ1n) is 10.4. The van der Waals surface area contributed by atoms with E-state index >= 15 is 0 Å². The van der Waals surface area contributed by atoms with E-state index in [-0.39, 0.29) is 23.5 Å². The van der Waals surface area contributed by atoms with Crippen LogP contribution in [-0.4, -0.2) is 47.5 Å². The van der Waals surface area contributed by atoms with Crippen LogP contribution in [0.25, 0.3) is 11.0 Å². The second-order valence-corrected chi connectivity index (χ2v) is 8.50. The lowest BCUT2D eigenvalue weighted by Crippen LogP contribution is -2.41. The van der Waals surface area contributed by atoms with Gasteiger partial charge in [0.25, 0.3) is 5.82 Å². The van der Waals surface area contributed by atoms with Gasteiger partial charge in [-0.15, -0.1) is 18.2 Å². The average Bonchev–Trinajstić information content (AvgIpc) is 3.20.